The monoisotopic (exact) mass is 376 g/mol. The number of carbonyl (C=O) groups excluding carboxylic acids is 2. The maximum atomic E-state index is 13.7. The van der Waals surface area contributed by atoms with Crippen LogP contribution in [-0.2, 0) is 22.6 Å². The van der Waals surface area contributed by atoms with Crippen LogP contribution in [0.2, 0.25) is 0 Å². The van der Waals surface area contributed by atoms with Crippen LogP contribution in [0.3, 0.4) is 0 Å². The third kappa shape index (κ3) is 5.01. The topological polar surface area (TPSA) is 76.7 Å². The van der Waals surface area contributed by atoms with E-state index in [1.54, 1.807) is 0 Å². The van der Waals surface area contributed by atoms with Crippen molar-refractivity contribution in [3.05, 3.63) is 64.7 Å². The number of amides is 2. The molecule has 0 saturated carbocycles. The highest BCUT2D eigenvalue weighted by Gasteiger charge is 2.17. The lowest BCUT2D eigenvalue weighted by Gasteiger charge is -2.21. The van der Waals surface area contributed by atoms with Crippen LogP contribution in [0.25, 0.3) is 0 Å². The molecule has 3 rings (SSSR count). The van der Waals surface area contributed by atoms with Crippen LogP contribution < -0.4 is 15.4 Å². The van der Waals surface area contributed by atoms with E-state index in [2.05, 4.69) is 10.6 Å². The van der Waals surface area contributed by atoms with Crippen molar-refractivity contribution in [2.24, 2.45) is 0 Å². The van der Waals surface area contributed by atoms with Crippen molar-refractivity contribution >= 4 is 11.8 Å². The zero-order valence-electron chi connectivity index (χ0n) is 14.4. The van der Waals surface area contributed by atoms with Crippen LogP contribution in [0, 0.1) is 11.6 Å². The van der Waals surface area contributed by atoms with E-state index in [1.165, 1.54) is 30.3 Å². The van der Waals surface area contributed by atoms with Gasteiger partial charge in [0, 0.05) is 17.7 Å². The highest BCUT2D eigenvalue weighted by Crippen LogP contribution is 2.29. The molecule has 0 fully saturated rings. The van der Waals surface area contributed by atoms with Gasteiger partial charge >= 0.3 is 0 Å². The van der Waals surface area contributed by atoms with Crippen molar-refractivity contribution in [3.63, 3.8) is 0 Å². The van der Waals surface area contributed by atoms with Gasteiger partial charge < -0.3 is 20.1 Å². The number of ether oxygens (including phenoxy) is 2. The van der Waals surface area contributed by atoms with E-state index in [0.717, 1.165) is 6.07 Å². The second-order valence-corrected chi connectivity index (χ2v) is 5.96. The quantitative estimate of drug-likeness (QED) is 0.808. The van der Waals surface area contributed by atoms with E-state index >= 15 is 0 Å². The second kappa shape index (κ2) is 8.59. The highest BCUT2D eigenvalue weighted by molar-refractivity contribution is 5.96. The van der Waals surface area contributed by atoms with Crippen molar-refractivity contribution in [1.82, 2.24) is 10.6 Å². The van der Waals surface area contributed by atoms with Gasteiger partial charge in [0.1, 0.15) is 17.4 Å². The fourth-order valence-corrected chi connectivity index (χ4v) is 2.73. The Kier molecular flexibility index (Phi) is 5.97. The Hall–Kier alpha value is -3.00. The molecule has 2 aromatic rings. The van der Waals surface area contributed by atoms with Crippen molar-refractivity contribution in [1.29, 1.82) is 0 Å². The highest BCUT2D eigenvalue weighted by atomic mass is 19.1. The molecule has 2 N–H and O–H groups in total. The Balaban J connectivity index is 1.47. The van der Waals surface area contributed by atoms with Crippen LogP contribution in [0.4, 0.5) is 8.78 Å². The minimum atomic E-state index is -0.544. The summed E-state index contributed by atoms with van der Waals surface area (Å²) in [4.78, 5) is 23.7. The lowest BCUT2D eigenvalue weighted by Crippen LogP contribution is -2.37. The molecule has 8 heteroatoms. The summed E-state index contributed by atoms with van der Waals surface area (Å²) in [5, 5.41) is 5.05. The molecule has 0 aromatic heterocycles. The summed E-state index contributed by atoms with van der Waals surface area (Å²) in [7, 11) is 0. The van der Waals surface area contributed by atoms with Gasteiger partial charge in [0.25, 0.3) is 5.91 Å². The van der Waals surface area contributed by atoms with Gasteiger partial charge in [-0.2, -0.15) is 0 Å². The molecule has 0 bridgehead atoms. The van der Waals surface area contributed by atoms with Crippen LogP contribution in [0.5, 0.6) is 5.75 Å². The average molecular weight is 376 g/mol. The minimum absolute atomic E-state index is 0.101. The number of hydrogen-bond donors (Lipinski definition) is 2. The van der Waals surface area contributed by atoms with Gasteiger partial charge in [0.2, 0.25) is 5.91 Å². The van der Waals surface area contributed by atoms with Gasteiger partial charge in [0.05, 0.1) is 13.2 Å². The maximum Gasteiger partial charge on any atom is 0.251 e. The Morgan fingerprint density at radius 1 is 1.07 bits per heavy atom. The normalized spacial score (nSPS) is 12.7. The largest absolute Gasteiger partial charge is 0.467 e. The molecule has 1 aliphatic heterocycles. The Morgan fingerprint density at radius 3 is 2.74 bits per heavy atom. The molecule has 2 aromatic carbocycles. The molecule has 27 heavy (non-hydrogen) atoms. The first-order valence-corrected chi connectivity index (χ1v) is 8.35. The molecule has 0 unspecified atom stereocenters. The van der Waals surface area contributed by atoms with Crippen LogP contribution >= 0.6 is 0 Å². The first-order valence-electron chi connectivity index (χ1n) is 8.35. The summed E-state index contributed by atoms with van der Waals surface area (Å²) < 4.78 is 37.3. The Labute approximate surface area is 154 Å². The lowest BCUT2D eigenvalue weighted by atomic mass is 10.1. The predicted octanol–water partition coefficient (Wildman–Crippen LogP) is 1.92. The summed E-state index contributed by atoms with van der Waals surface area (Å²) >= 11 is 0. The van der Waals surface area contributed by atoms with Gasteiger partial charge in [-0.3, -0.25) is 9.59 Å². The smallest absolute Gasteiger partial charge is 0.251 e. The summed E-state index contributed by atoms with van der Waals surface area (Å²) in [6, 6.07) is 7.90. The maximum absolute atomic E-state index is 13.7. The van der Waals surface area contributed by atoms with Crippen LogP contribution in [0.15, 0.2) is 36.4 Å². The van der Waals surface area contributed by atoms with E-state index in [1.807, 2.05) is 0 Å². The van der Waals surface area contributed by atoms with E-state index < -0.39 is 23.4 Å². The van der Waals surface area contributed by atoms with Crippen LogP contribution in [0.1, 0.15) is 21.5 Å². The number of benzene rings is 2. The van der Waals surface area contributed by atoms with E-state index in [4.69, 9.17) is 9.47 Å². The average Bonchev–Trinajstić information content (AvgIpc) is 2.66. The number of nitrogens with one attached hydrogen (secondary N) is 2. The molecule has 142 valence electrons. The molecule has 0 saturated heterocycles. The molecular formula is C19H18F2N2O4. The molecule has 1 aliphatic rings. The summed E-state index contributed by atoms with van der Waals surface area (Å²) in [6.07, 6.45) is 0.365. The molecule has 0 radical (unpaired) electrons. The van der Waals surface area contributed by atoms with Crippen molar-refractivity contribution in [2.45, 2.75) is 13.0 Å². The van der Waals surface area contributed by atoms with Crippen molar-refractivity contribution < 1.29 is 27.8 Å². The number of carbonyl (C=O) groups is 2. The minimum Gasteiger partial charge on any atom is -0.467 e. The third-order valence-electron chi connectivity index (χ3n) is 3.96. The summed E-state index contributed by atoms with van der Waals surface area (Å²) in [6.45, 7) is 0.373. The SMILES string of the molecule is O=C(CNC(=O)c1cccc(F)c1)NCCc1cc(F)cc2c1OCOC2. The first kappa shape index (κ1) is 18.8. The van der Waals surface area contributed by atoms with Gasteiger partial charge in [0.15, 0.2) is 6.79 Å². The van der Waals surface area contributed by atoms with Crippen molar-refractivity contribution in [2.75, 3.05) is 19.9 Å². The lowest BCUT2D eigenvalue weighted by molar-refractivity contribution is -0.120. The third-order valence-corrected chi connectivity index (χ3v) is 3.96. The second-order valence-electron chi connectivity index (χ2n) is 5.96. The van der Waals surface area contributed by atoms with Gasteiger partial charge in [-0.15, -0.1) is 0 Å². The number of halogens is 2. The fraction of sp³-hybridized carbons (Fsp3) is 0.263. The number of fused-ring (bicyclic) bond motifs is 1. The Bertz CT molecular complexity index is 858. The van der Waals surface area contributed by atoms with Gasteiger partial charge in [-0.25, -0.2) is 8.78 Å². The predicted molar refractivity (Wildman–Crippen MR) is 92.1 cm³/mol. The van der Waals surface area contributed by atoms with Crippen molar-refractivity contribution in [3.8, 4) is 5.75 Å². The molecule has 0 spiro atoms. The summed E-state index contributed by atoms with van der Waals surface area (Å²) in [5.41, 5.74) is 1.40. The number of rotatable bonds is 6. The molecular weight excluding hydrogens is 358 g/mol. The first-order chi connectivity index (χ1) is 13.0. The molecule has 1 heterocycles. The van der Waals surface area contributed by atoms with Gasteiger partial charge in [-0.1, -0.05) is 6.07 Å². The number of hydrogen-bond acceptors (Lipinski definition) is 4. The zero-order chi connectivity index (χ0) is 19.2. The van der Waals surface area contributed by atoms with Crippen LogP contribution in [-0.4, -0.2) is 31.7 Å². The summed E-state index contributed by atoms with van der Waals surface area (Å²) in [5.74, 6) is -1.30. The zero-order valence-corrected chi connectivity index (χ0v) is 14.4. The Morgan fingerprint density at radius 2 is 1.93 bits per heavy atom. The van der Waals surface area contributed by atoms with E-state index in [0.29, 0.717) is 23.3 Å². The van der Waals surface area contributed by atoms with E-state index in [9.17, 15) is 18.4 Å². The van der Waals surface area contributed by atoms with Gasteiger partial charge in [-0.05, 0) is 42.3 Å². The molecule has 6 nitrogen and oxygen atoms in total. The van der Waals surface area contributed by atoms with E-state index in [-0.39, 0.29) is 32.1 Å². The standard InChI is InChI=1S/C19H18F2N2O4/c20-15-3-1-2-13(7-15)19(25)23-9-17(24)22-5-4-12-6-16(21)8-14-10-26-11-27-18(12)14/h1-3,6-8H,4-5,9-11H2,(H,22,24)(H,23,25). The fourth-order valence-electron chi connectivity index (χ4n) is 2.73. The molecule has 2 amide bonds. The molecule has 0 atom stereocenters. The molecule has 0 aliphatic carbocycles.